The van der Waals surface area contributed by atoms with E-state index in [0.717, 1.165) is 17.7 Å². The minimum Gasteiger partial charge on any atom is -0.383 e. The summed E-state index contributed by atoms with van der Waals surface area (Å²) in [4.78, 5) is 50.8. The van der Waals surface area contributed by atoms with Gasteiger partial charge in [0.1, 0.15) is 12.0 Å². The lowest BCUT2D eigenvalue weighted by molar-refractivity contribution is -0.0624. The third-order valence-corrected chi connectivity index (χ3v) is 7.37. The maximum absolute atomic E-state index is 14.3. The minimum atomic E-state index is -5.69. The van der Waals surface area contributed by atoms with Gasteiger partial charge in [0.2, 0.25) is 0 Å². The lowest BCUT2D eigenvalue weighted by atomic mass is 10.1. The van der Waals surface area contributed by atoms with Crippen LogP contribution in [-0.2, 0) is 31.6 Å². The minimum absolute atomic E-state index is 0.0998. The lowest BCUT2D eigenvalue weighted by Gasteiger charge is -2.23. The Labute approximate surface area is 161 Å². The molecule has 1 aromatic rings. The maximum Gasteiger partial charge on any atom is 0.490 e. The van der Waals surface area contributed by atoms with Gasteiger partial charge in [-0.3, -0.25) is 9.09 Å². The largest absolute Gasteiger partial charge is 0.490 e. The molecule has 4 unspecified atom stereocenters. The standard InChI is InChI=1S/C10H17FN3O12P3/c1-5(24-28(19,20)26-29(21,22)25-27(16,17)18)7-4-6(11)9(23-7)14-3-2-8(12)13-10(14)15/h2-3,5-7,9H,4H2,1H3,(H,19,20)(H,21,22)(H2,12,13,15)(H2,16,17,18)/t5?,6-,7-,9?/m0/s1. The van der Waals surface area contributed by atoms with Crippen molar-refractivity contribution in [2.24, 2.45) is 0 Å². The van der Waals surface area contributed by atoms with E-state index in [4.69, 9.17) is 25.2 Å². The first-order valence-electron chi connectivity index (χ1n) is 7.55. The van der Waals surface area contributed by atoms with E-state index >= 15 is 0 Å². The van der Waals surface area contributed by atoms with Gasteiger partial charge in [-0.15, -0.1) is 0 Å². The van der Waals surface area contributed by atoms with E-state index < -0.39 is 60.2 Å². The van der Waals surface area contributed by atoms with E-state index in [0.29, 0.717) is 0 Å². The summed E-state index contributed by atoms with van der Waals surface area (Å²) in [5.41, 5.74) is 4.44. The van der Waals surface area contributed by atoms with Gasteiger partial charge in [0.25, 0.3) is 0 Å². The Hall–Kier alpha value is -1.02. The molecular formula is C10H17FN3O12P3. The van der Waals surface area contributed by atoms with Crippen LogP contribution in [0.25, 0.3) is 0 Å². The molecule has 1 saturated heterocycles. The number of rotatable bonds is 8. The molecule has 1 aliphatic rings. The van der Waals surface area contributed by atoms with Gasteiger partial charge >= 0.3 is 29.2 Å². The summed E-state index contributed by atoms with van der Waals surface area (Å²) in [6.07, 6.45) is -5.12. The number of phosphoric acid groups is 3. The first kappa shape index (κ1) is 24.3. The number of halogens is 1. The van der Waals surface area contributed by atoms with E-state index in [1.165, 1.54) is 6.07 Å². The van der Waals surface area contributed by atoms with Gasteiger partial charge in [-0.1, -0.05) is 0 Å². The highest BCUT2D eigenvalue weighted by Gasteiger charge is 2.45. The molecule has 2 heterocycles. The van der Waals surface area contributed by atoms with Crippen LogP contribution >= 0.6 is 23.5 Å². The highest BCUT2D eigenvalue weighted by Crippen LogP contribution is 2.66. The van der Waals surface area contributed by atoms with Crippen LogP contribution in [0.4, 0.5) is 10.2 Å². The van der Waals surface area contributed by atoms with Crippen molar-refractivity contribution < 1.29 is 55.5 Å². The molecular weight excluding hydrogens is 466 g/mol. The van der Waals surface area contributed by atoms with Gasteiger partial charge in [0.05, 0.1) is 12.2 Å². The van der Waals surface area contributed by atoms with Crippen LogP contribution in [0.15, 0.2) is 17.1 Å². The normalized spacial score (nSPS) is 27.9. The average molecular weight is 483 g/mol. The van der Waals surface area contributed by atoms with E-state index in [-0.39, 0.29) is 5.82 Å². The number of nitrogens with zero attached hydrogens (tertiary/aromatic N) is 2. The summed E-state index contributed by atoms with van der Waals surface area (Å²) in [5.74, 6) is -0.0998. The Morgan fingerprint density at radius 1 is 1.28 bits per heavy atom. The zero-order chi connectivity index (χ0) is 22.2. The Bertz CT molecular complexity index is 951. The molecule has 0 spiro atoms. The SMILES string of the molecule is CC(OP(=O)(O)OP(=O)(O)OP(=O)(O)O)[C@@H]1C[C@H](F)C(n2ccc(N)nc2=O)O1. The van der Waals surface area contributed by atoms with Crippen LogP contribution in [0, 0.1) is 0 Å². The quantitative estimate of drug-likeness (QED) is 0.311. The second-order valence-corrected chi connectivity index (χ2v) is 10.1. The molecule has 0 radical (unpaired) electrons. The third kappa shape index (κ3) is 7.02. The van der Waals surface area contributed by atoms with Crippen LogP contribution < -0.4 is 11.4 Å². The first-order chi connectivity index (χ1) is 13.1. The second-order valence-electron chi connectivity index (χ2n) is 5.76. The fourth-order valence-electron chi connectivity index (χ4n) is 2.40. The zero-order valence-electron chi connectivity index (χ0n) is 14.4. The fourth-order valence-corrected chi connectivity index (χ4v) is 5.61. The summed E-state index contributed by atoms with van der Waals surface area (Å²) in [5, 5.41) is 0. The molecule has 0 aromatic carbocycles. The van der Waals surface area contributed by atoms with Gasteiger partial charge in [0.15, 0.2) is 6.23 Å². The Balaban J connectivity index is 2.06. The van der Waals surface area contributed by atoms with E-state index in [2.05, 4.69) is 18.1 Å². The molecule has 1 fully saturated rings. The van der Waals surface area contributed by atoms with Crippen molar-refractivity contribution in [3.8, 4) is 0 Å². The van der Waals surface area contributed by atoms with E-state index in [1.54, 1.807) is 0 Å². The fraction of sp³-hybridized carbons (Fsp3) is 0.600. The molecule has 2 rings (SSSR count). The van der Waals surface area contributed by atoms with Gasteiger partial charge in [-0.05, 0) is 13.0 Å². The van der Waals surface area contributed by atoms with Crippen molar-refractivity contribution in [2.75, 3.05) is 5.73 Å². The zero-order valence-corrected chi connectivity index (χ0v) is 17.1. The number of alkyl halides is 1. The number of aromatic nitrogens is 2. The molecule has 0 saturated carbocycles. The van der Waals surface area contributed by atoms with Crippen molar-refractivity contribution in [3.63, 3.8) is 0 Å². The number of nitrogens with two attached hydrogens (primary N) is 1. The number of nitrogen functional groups attached to an aromatic ring is 1. The topological polar surface area (TPSA) is 230 Å². The Morgan fingerprint density at radius 2 is 1.90 bits per heavy atom. The summed E-state index contributed by atoms with van der Waals surface area (Å²) in [6, 6.07) is 1.22. The molecule has 6 atom stereocenters. The summed E-state index contributed by atoms with van der Waals surface area (Å²) in [6.45, 7) is 1.13. The van der Waals surface area contributed by atoms with Gasteiger partial charge in [-0.2, -0.15) is 13.6 Å². The van der Waals surface area contributed by atoms with Crippen LogP contribution in [0.5, 0.6) is 0 Å². The molecule has 0 amide bonds. The number of anilines is 1. The smallest absolute Gasteiger partial charge is 0.383 e. The molecule has 1 aromatic heterocycles. The average Bonchev–Trinajstić information content (AvgIpc) is 2.84. The summed E-state index contributed by atoms with van der Waals surface area (Å²) >= 11 is 0. The molecule has 6 N–H and O–H groups in total. The van der Waals surface area contributed by atoms with Gasteiger partial charge in [0, 0.05) is 12.6 Å². The molecule has 29 heavy (non-hydrogen) atoms. The number of hydrogen-bond donors (Lipinski definition) is 5. The summed E-state index contributed by atoms with van der Waals surface area (Å²) in [7, 11) is -16.6. The predicted molar refractivity (Wildman–Crippen MR) is 90.7 cm³/mol. The Morgan fingerprint density at radius 3 is 2.45 bits per heavy atom. The predicted octanol–water partition coefficient (Wildman–Crippen LogP) is 0.183. The van der Waals surface area contributed by atoms with E-state index in [9.17, 15) is 27.8 Å². The van der Waals surface area contributed by atoms with Gasteiger partial charge in [-0.25, -0.2) is 22.9 Å². The van der Waals surface area contributed by atoms with Gasteiger partial charge < -0.3 is 30.0 Å². The summed E-state index contributed by atoms with van der Waals surface area (Å²) < 4.78 is 65.9. The van der Waals surface area contributed by atoms with Crippen molar-refractivity contribution in [1.82, 2.24) is 9.55 Å². The number of ether oxygens (including phenoxy) is 1. The molecule has 0 bridgehead atoms. The van der Waals surface area contributed by atoms with Crippen molar-refractivity contribution >= 4 is 29.3 Å². The lowest BCUT2D eigenvalue weighted by Crippen LogP contribution is -2.31. The van der Waals surface area contributed by atoms with E-state index in [1.807, 2.05) is 0 Å². The molecule has 19 heteroatoms. The van der Waals surface area contributed by atoms with Crippen LogP contribution in [0.3, 0.4) is 0 Å². The van der Waals surface area contributed by atoms with Crippen molar-refractivity contribution in [1.29, 1.82) is 0 Å². The molecule has 15 nitrogen and oxygen atoms in total. The molecule has 0 aliphatic carbocycles. The van der Waals surface area contributed by atoms with Crippen LogP contribution in [-0.4, -0.2) is 47.5 Å². The van der Waals surface area contributed by atoms with Crippen molar-refractivity contribution in [3.05, 3.63) is 22.7 Å². The number of hydrogen-bond acceptors (Lipinski definition) is 10. The van der Waals surface area contributed by atoms with Crippen LogP contribution in [0.2, 0.25) is 0 Å². The third-order valence-electron chi connectivity index (χ3n) is 3.45. The highest BCUT2D eigenvalue weighted by molar-refractivity contribution is 7.66. The number of phosphoric ester groups is 1. The monoisotopic (exact) mass is 483 g/mol. The van der Waals surface area contributed by atoms with Crippen molar-refractivity contribution in [2.45, 2.75) is 38.0 Å². The molecule has 166 valence electrons. The second kappa shape index (κ2) is 8.61. The molecule has 1 aliphatic heterocycles. The Kier molecular flexibility index (Phi) is 7.20. The highest BCUT2D eigenvalue weighted by atomic mass is 31.3. The van der Waals surface area contributed by atoms with Crippen LogP contribution in [0.1, 0.15) is 19.6 Å². The first-order valence-corrected chi connectivity index (χ1v) is 12.1. The maximum atomic E-state index is 14.3.